The van der Waals surface area contributed by atoms with Gasteiger partial charge in [0.25, 0.3) is 0 Å². The Hall–Kier alpha value is -3.57. The Labute approximate surface area is 219 Å². The number of likely N-dealkylation sites (N-methyl/N-ethyl adjacent to an activating group) is 1. The van der Waals surface area contributed by atoms with Gasteiger partial charge in [-0.05, 0) is 36.2 Å². The molecule has 1 atom stereocenters. The smallest absolute Gasteiger partial charge is 0.317 e. The second-order valence-electron chi connectivity index (χ2n) is 9.75. The Morgan fingerprint density at radius 3 is 2.65 bits per heavy atom. The second kappa shape index (κ2) is 9.71. The van der Waals surface area contributed by atoms with Crippen molar-refractivity contribution in [3.8, 4) is 22.5 Å². The lowest BCUT2D eigenvalue weighted by Crippen LogP contribution is -2.59. The summed E-state index contributed by atoms with van der Waals surface area (Å²) in [6, 6.07) is 6.97. The Balaban J connectivity index is 0.00000280. The number of likely N-dealkylation sites (tertiary alicyclic amines) is 1. The van der Waals surface area contributed by atoms with E-state index in [0.29, 0.717) is 40.5 Å². The van der Waals surface area contributed by atoms with Gasteiger partial charge in [-0.15, -0.1) is 12.4 Å². The van der Waals surface area contributed by atoms with E-state index in [4.69, 9.17) is 4.98 Å². The number of carbonyl (C=O) groups excluding carboxylic acids is 1. The van der Waals surface area contributed by atoms with Gasteiger partial charge in [-0.25, -0.2) is 23.7 Å². The highest BCUT2D eigenvalue weighted by Crippen LogP contribution is 2.33. The van der Waals surface area contributed by atoms with Crippen molar-refractivity contribution in [1.29, 1.82) is 0 Å². The molecular weight excluding hydrogens is 497 g/mol. The molecule has 10 nitrogen and oxygen atoms in total. The third kappa shape index (κ3) is 4.21. The van der Waals surface area contributed by atoms with Gasteiger partial charge in [-0.2, -0.15) is 10.2 Å². The van der Waals surface area contributed by atoms with E-state index in [2.05, 4.69) is 46.0 Å². The van der Waals surface area contributed by atoms with Crippen LogP contribution in [0.4, 0.5) is 15.0 Å². The van der Waals surface area contributed by atoms with Crippen molar-refractivity contribution >= 4 is 29.9 Å². The molecule has 2 saturated heterocycles. The molecule has 0 bridgehead atoms. The van der Waals surface area contributed by atoms with Crippen LogP contribution in [0.3, 0.4) is 0 Å². The molecule has 1 N–H and O–H groups in total. The Kier molecular flexibility index (Phi) is 6.59. The van der Waals surface area contributed by atoms with E-state index in [-0.39, 0.29) is 36.4 Å². The van der Waals surface area contributed by atoms with E-state index in [1.807, 2.05) is 15.9 Å². The average molecular weight is 526 g/mol. The number of aromatic amines is 1. The number of H-pyrrole nitrogens is 1. The highest BCUT2D eigenvalue weighted by molar-refractivity contribution is 5.95. The number of rotatable bonds is 6. The monoisotopic (exact) mass is 525 g/mol. The van der Waals surface area contributed by atoms with E-state index in [9.17, 15) is 9.18 Å². The molecule has 194 valence electrons. The third-order valence-electron chi connectivity index (χ3n) is 7.30. The molecule has 0 radical (unpaired) electrons. The molecule has 6 rings (SSSR count). The summed E-state index contributed by atoms with van der Waals surface area (Å²) in [5, 5.41) is 11.0. The second-order valence-corrected chi connectivity index (χ2v) is 9.75. The minimum Gasteiger partial charge on any atom is -0.317 e. The molecule has 37 heavy (non-hydrogen) atoms. The normalized spacial score (nSPS) is 18.6. The topological polar surface area (TPSA) is 98.6 Å². The van der Waals surface area contributed by atoms with Gasteiger partial charge in [-0.1, -0.05) is 26.8 Å². The van der Waals surface area contributed by atoms with Gasteiger partial charge in [-0.3, -0.25) is 14.9 Å². The Bertz CT molecular complexity index is 1420. The maximum atomic E-state index is 14.9. The van der Waals surface area contributed by atoms with Crippen LogP contribution in [0.5, 0.6) is 0 Å². The maximum absolute atomic E-state index is 14.9. The molecule has 0 saturated carbocycles. The Morgan fingerprint density at radius 1 is 1.16 bits per heavy atom. The van der Waals surface area contributed by atoms with Crippen LogP contribution in [-0.2, 0) is 0 Å². The summed E-state index contributed by atoms with van der Waals surface area (Å²) in [4.78, 5) is 28.6. The van der Waals surface area contributed by atoms with Crippen molar-refractivity contribution in [2.45, 2.75) is 32.9 Å². The average Bonchev–Trinajstić information content (AvgIpc) is 3.57. The van der Waals surface area contributed by atoms with Crippen LogP contribution in [0.1, 0.15) is 20.8 Å². The first-order valence-electron chi connectivity index (χ1n) is 12.3. The number of nitrogens with zero attached hydrogens (tertiary/aromatic N) is 8. The number of carbonyl (C=O) groups is 1. The standard InChI is InChI=1S/C25H28FN9O.ClH/c1-4-32-11-17(12-32)33-13-21(15(2)3)35(25(33)36)22-7-8-34-24(30-22)19(10-29-34)16-5-6-18(20(26)9-16)23-27-14-28-31-23;/h5-10,14-15,17,21H,4,11-13H2,1-3H3,(H,27,28,31);1H/t21-;/m1./s1. The highest BCUT2D eigenvalue weighted by Gasteiger charge is 2.46. The fraction of sp³-hybridized carbons (Fsp3) is 0.400. The first-order chi connectivity index (χ1) is 17.4. The number of hydrogen-bond acceptors (Lipinski definition) is 6. The minimum absolute atomic E-state index is 0. The molecular formula is C25H29ClFN9O. The van der Waals surface area contributed by atoms with Crippen molar-refractivity contribution in [1.82, 2.24) is 39.6 Å². The number of amides is 2. The quantitative estimate of drug-likeness (QED) is 0.412. The minimum atomic E-state index is -0.436. The number of benzene rings is 1. The zero-order valence-electron chi connectivity index (χ0n) is 20.9. The number of fused-ring (bicyclic) bond motifs is 1. The van der Waals surface area contributed by atoms with Gasteiger partial charge in [0, 0.05) is 31.4 Å². The molecule has 0 aliphatic carbocycles. The maximum Gasteiger partial charge on any atom is 0.326 e. The molecule has 2 amide bonds. The van der Waals surface area contributed by atoms with E-state index < -0.39 is 5.82 Å². The number of anilines is 1. The molecule has 1 aromatic carbocycles. The summed E-state index contributed by atoms with van der Waals surface area (Å²) in [6.07, 6.45) is 4.88. The largest absolute Gasteiger partial charge is 0.326 e. The molecule has 0 unspecified atom stereocenters. The van der Waals surface area contributed by atoms with Crippen LogP contribution >= 0.6 is 12.4 Å². The van der Waals surface area contributed by atoms with Gasteiger partial charge in [0.1, 0.15) is 18.0 Å². The molecule has 3 aromatic heterocycles. The molecule has 4 aromatic rings. The highest BCUT2D eigenvalue weighted by atomic mass is 35.5. The van der Waals surface area contributed by atoms with Crippen LogP contribution in [-0.4, -0.2) is 83.9 Å². The molecule has 5 heterocycles. The lowest BCUT2D eigenvalue weighted by molar-refractivity contribution is 0.0672. The van der Waals surface area contributed by atoms with Gasteiger partial charge in [0.05, 0.1) is 23.8 Å². The zero-order valence-corrected chi connectivity index (χ0v) is 21.7. The summed E-state index contributed by atoms with van der Waals surface area (Å²) in [5.74, 6) is 0.708. The number of hydrogen-bond donors (Lipinski definition) is 1. The molecule has 12 heteroatoms. The van der Waals surface area contributed by atoms with Gasteiger partial charge < -0.3 is 4.90 Å². The van der Waals surface area contributed by atoms with Gasteiger partial charge >= 0.3 is 6.03 Å². The predicted molar refractivity (Wildman–Crippen MR) is 140 cm³/mol. The fourth-order valence-electron chi connectivity index (χ4n) is 5.12. The summed E-state index contributed by atoms with van der Waals surface area (Å²) in [7, 11) is 0. The van der Waals surface area contributed by atoms with E-state index in [0.717, 1.165) is 19.6 Å². The number of aromatic nitrogens is 6. The summed E-state index contributed by atoms with van der Waals surface area (Å²) < 4.78 is 16.6. The first kappa shape index (κ1) is 25.1. The van der Waals surface area contributed by atoms with Crippen molar-refractivity contribution in [2.75, 3.05) is 31.1 Å². The van der Waals surface area contributed by atoms with Gasteiger partial charge in [0.15, 0.2) is 11.5 Å². The zero-order chi connectivity index (χ0) is 25.0. The van der Waals surface area contributed by atoms with Crippen LogP contribution in [0.25, 0.3) is 28.2 Å². The van der Waals surface area contributed by atoms with Gasteiger partial charge in [0.2, 0.25) is 0 Å². The molecule has 2 fully saturated rings. The van der Waals surface area contributed by atoms with Crippen molar-refractivity contribution in [2.24, 2.45) is 5.92 Å². The summed E-state index contributed by atoms with van der Waals surface area (Å²) in [6.45, 7) is 9.92. The van der Waals surface area contributed by atoms with E-state index >= 15 is 0 Å². The van der Waals surface area contributed by atoms with E-state index in [1.165, 1.54) is 12.4 Å². The van der Waals surface area contributed by atoms with Crippen LogP contribution < -0.4 is 4.90 Å². The molecule has 2 aliphatic rings. The summed E-state index contributed by atoms with van der Waals surface area (Å²) in [5.41, 5.74) is 2.19. The molecule has 2 aliphatic heterocycles. The van der Waals surface area contributed by atoms with Crippen LogP contribution in [0, 0.1) is 11.7 Å². The number of nitrogens with one attached hydrogen (secondary N) is 1. The van der Waals surface area contributed by atoms with Crippen LogP contribution in [0.15, 0.2) is 43.0 Å². The number of urea groups is 1. The predicted octanol–water partition coefficient (Wildman–Crippen LogP) is 3.71. The lowest BCUT2D eigenvalue weighted by Gasteiger charge is -2.43. The van der Waals surface area contributed by atoms with Crippen molar-refractivity contribution < 1.29 is 9.18 Å². The third-order valence-corrected chi connectivity index (χ3v) is 7.30. The van der Waals surface area contributed by atoms with Crippen molar-refractivity contribution in [3.63, 3.8) is 0 Å². The van der Waals surface area contributed by atoms with Crippen molar-refractivity contribution in [3.05, 3.63) is 48.8 Å². The first-order valence-corrected chi connectivity index (χ1v) is 12.3. The molecule has 0 spiro atoms. The SMILES string of the molecule is CCN1CC(N2C[C@H](C(C)C)N(c3ccn4ncc(-c5ccc(-c6nc[nH]n6)c(F)c5)c4n3)C2=O)C1.Cl. The summed E-state index contributed by atoms with van der Waals surface area (Å²) >= 11 is 0. The van der Waals surface area contributed by atoms with Crippen LogP contribution in [0.2, 0.25) is 0 Å². The number of halogens is 2. The lowest BCUT2D eigenvalue weighted by atomic mass is 10.0. The van der Waals surface area contributed by atoms with E-state index in [1.54, 1.807) is 29.0 Å². The Morgan fingerprint density at radius 2 is 1.97 bits per heavy atom. The fourth-order valence-corrected chi connectivity index (χ4v) is 5.12.